The number of sulfonamides is 1. The van der Waals surface area contributed by atoms with Crippen LogP contribution >= 0.6 is 22.9 Å². The fourth-order valence-corrected chi connectivity index (χ4v) is 6.87. The Morgan fingerprint density at radius 3 is 2.57 bits per heavy atom. The van der Waals surface area contributed by atoms with Crippen molar-refractivity contribution in [2.75, 3.05) is 32.2 Å². The molecule has 1 aliphatic carbocycles. The van der Waals surface area contributed by atoms with Gasteiger partial charge in [-0.15, -0.1) is 0 Å². The standard InChI is InChI=1S/C24H26ClN3O5S2/c1-27(16-7-8-16)35(30,31)18-9-5-15(6-10-18)23(29)28(14-17-4-3-13-33-17)24-26-21-20(32-2)12-11-19(25)22(21)34-24/h5-6,9-12,16-17H,3-4,7-8,13-14H2,1-2H3. The Balaban J connectivity index is 1.48. The fourth-order valence-electron chi connectivity index (χ4n) is 4.19. The molecule has 35 heavy (non-hydrogen) atoms. The molecule has 2 fully saturated rings. The third kappa shape index (κ3) is 4.77. The number of carbonyl (C=O) groups is 1. The molecule has 3 aromatic rings. The molecule has 8 nitrogen and oxygen atoms in total. The van der Waals surface area contributed by atoms with Gasteiger partial charge in [-0.2, -0.15) is 4.31 Å². The van der Waals surface area contributed by atoms with Crippen molar-refractivity contribution in [2.24, 2.45) is 0 Å². The van der Waals surface area contributed by atoms with E-state index in [0.717, 1.165) is 30.4 Å². The molecular formula is C24H26ClN3O5S2. The van der Waals surface area contributed by atoms with Crippen LogP contribution in [0.3, 0.4) is 0 Å². The molecule has 1 saturated heterocycles. The van der Waals surface area contributed by atoms with Crippen LogP contribution in [0.5, 0.6) is 5.75 Å². The molecule has 1 unspecified atom stereocenters. The summed E-state index contributed by atoms with van der Waals surface area (Å²) in [6, 6.07) is 9.64. The van der Waals surface area contributed by atoms with E-state index in [1.807, 2.05) is 0 Å². The van der Waals surface area contributed by atoms with Crippen LogP contribution in [0.1, 0.15) is 36.0 Å². The van der Waals surface area contributed by atoms with Crippen LogP contribution in [0.15, 0.2) is 41.3 Å². The van der Waals surface area contributed by atoms with E-state index in [0.29, 0.717) is 40.1 Å². The second-order valence-electron chi connectivity index (χ2n) is 8.75. The average molecular weight is 536 g/mol. The molecular weight excluding hydrogens is 510 g/mol. The zero-order valence-electron chi connectivity index (χ0n) is 19.4. The van der Waals surface area contributed by atoms with Crippen molar-refractivity contribution in [2.45, 2.75) is 42.7 Å². The Morgan fingerprint density at radius 1 is 1.20 bits per heavy atom. The van der Waals surface area contributed by atoms with Crippen LogP contribution in [0.2, 0.25) is 5.02 Å². The smallest absolute Gasteiger partial charge is 0.260 e. The molecule has 11 heteroatoms. The average Bonchev–Trinajstić information content (AvgIpc) is 3.39. The SMILES string of the molecule is COc1ccc(Cl)c2sc(N(CC3CCCO3)C(=O)c3ccc(S(=O)(=O)N(C)C4CC4)cc3)nc12. The molecule has 1 saturated carbocycles. The van der Waals surface area contributed by atoms with Crippen molar-refractivity contribution in [1.29, 1.82) is 0 Å². The molecule has 186 valence electrons. The Kier molecular flexibility index (Phi) is 6.75. The van der Waals surface area contributed by atoms with Crippen LogP contribution in [0, 0.1) is 0 Å². The van der Waals surface area contributed by atoms with E-state index >= 15 is 0 Å². The second-order valence-corrected chi connectivity index (χ2v) is 12.1. The first kappa shape index (κ1) is 24.5. The number of nitrogens with zero attached hydrogens (tertiary/aromatic N) is 3. The van der Waals surface area contributed by atoms with Gasteiger partial charge in [-0.05, 0) is 62.1 Å². The first-order valence-electron chi connectivity index (χ1n) is 11.4. The van der Waals surface area contributed by atoms with Gasteiger partial charge in [0.1, 0.15) is 11.3 Å². The van der Waals surface area contributed by atoms with E-state index in [2.05, 4.69) is 0 Å². The number of carbonyl (C=O) groups excluding carboxylic acids is 1. The van der Waals surface area contributed by atoms with Gasteiger partial charge in [-0.25, -0.2) is 13.4 Å². The molecule has 5 rings (SSSR count). The van der Waals surface area contributed by atoms with Crippen LogP contribution < -0.4 is 9.64 Å². The van der Waals surface area contributed by atoms with Crippen molar-refractivity contribution in [3.05, 3.63) is 47.0 Å². The summed E-state index contributed by atoms with van der Waals surface area (Å²) in [5, 5.41) is 1.01. The number of halogens is 1. The number of ether oxygens (including phenoxy) is 2. The molecule has 0 radical (unpaired) electrons. The number of rotatable bonds is 8. The van der Waals surface area contributed by atoms with Crippen LogP contribution in [0.4, 0.5) is 5.13 Å². The highest BCUT2D eigenvalue weighted by molar-refractivity contribution is 7.89. The number of thiazole rings is 1. The predicted octanol–water partition coefficient (Wildman–Crippen LogP) is 4.57. The van der Waals surface area contributed by atoms with E-state index in [1.54, 1.807) is 43.3 Å². The number of anilines is 1. The molecule has 0 N–H and O–H groups in total. The zero-order chi connectivity index (χ0) is 24.7. The van der Waals surface area contributed by atoms with E-state index < -0.39 is 10.0 Å². The maximum Gasteiger partial charge on any atom is 0.260 e. The van der Waals surface area contributed by atoms with Gasteiger partial charge in [0.2, 0.25) is 10.0 Å². The van der Waals surface area contributed by atoms with Crippen LogP contribution in [-0.2, 0) is 14.8 Å². The molecule has 2 aliphatic rings. The van der Waals surface area contributed by atoms with Gasteiger partial charge < -0.3 is 9.47 Å². The fraction of sp³-hybridized carbons (Fsp3) is 0.417. The summed E-state index contributed by atoms with van der Waals surface area (Å²) >= 11 is 7.72. The van der Waals surface area contributed by atoms with E-state index in [9.17, 15) is 13.2 Å². The lowest BCUT2D eigenvalue weighted by Crippen LogP contribution is -2.37. The molecule has 2 heterocycles. The first-order valence-corrected chi connectivity index (χ1v) is 14.1. The lowest BCUT2D eigenvalue weighted by atomic mass is 10.2. The molecule has 1 atom stereocenters. The number of benzene rings is 2. The number of hydrogen-bond acceptors (Lipinski definition) is 7. The number of fused-ring (bicyclic) bond motifs is 1. The normalized spacial score (nSPS) is 18.3. The maximum atomic E-state index is 13.7. The molecule has 0 bridgehead atoms. The number of methoxy groups -OCH3 is 1. The third-order valence-electron chi connectivity index (χ3n) is 6.39. The minimum atomic E-state index is -3.59. The van der Waals surface area contributed by atoms with E-state index in [-0.39, 0.29) is 22.9 Å². The van der Waals surface area contributed by atoms with E-state index in [4.69, 9.17) is 26.1 Å². The molecule has 1 aromatic heterocycles. The molecule has 1 aliphatic heterocycles. The Labute approximate surface area is 213 Å². The second kappa shape index (κ2) is 9.67. The number of aromatic nitrogens is 1. The highest BCUT2D eigenvalue weighted by Gasteiger charge is 2.35. The highest BCUT2D eigenvalue weighted by atomic mass is 35.5. The van der Waals surface area contributed by atoms with Gasteiger partial charge in [-0.3, -0.25) is 9.69 Å². The third-order valence-corrected chi connectivity index (χ3v) is 9.86. The Bertz CT molecular complexity index is 1350. The van der Waals surface area contributed by atoms with E-state index in [1.165, 1.54) is 27.8 Å². The summed E-state index contributed by atoms with van der Waals surface area (Å²) in [7, 11) is -0.428. The lowest BCUT2D eigenvalue weighted by Gasteiger charge is -2.23. The summed E-state index contributed by atoms with van der Waals surface area (Å²) < 4.78 is 39.1. The predicted molar refractivity (Wildman–Crippen MR) is 136 cm³/mol. The first-order chi connectivity index (χ1) is 16.8. The van der Waals surface area contributed by atoms with Crippen molar-refractivity contribution in [1.82, 2.24) is 9.29 Å². The van der Waals surface area contributed by atoms with Crippen molar-refractivity contribution in [3.63, 3.8) is 0 Å². The van der Waals surface area contributed by atoms with Gasteiger partial charge in [0.05, 0.1) is 34.4 Å². The van der Waals surface area contributed by atoms with Gasteiger partial charge in [0, 0.05) is 25.3 Å². The summed E-state index contributed by atoms with van der Waals surface area (Å²) in [6.45, 7) is 0.996. The van der Waals surface area contributed by atoms with Crippen molar-refractivity contribution >= 4 is 54.2 Å². The Hall–Kier alpha value is -2.24. The molecule has 1 amide bonds. The van der Waals surface area contributed by atoms with Gasteiger partial charge >= 0.3 is 0 Å². The quantitative estimate of drug-likeness (QED) is 0.420. The molecule has 2 aromatic carbocycles. The summed E-state index contributed by atoms with van der Waals surface area (Å²) in [5.74, 6) is 0.292. The van der Waals surface area contributed by atoms with Crippen molar-refractivity contribution < 1.29 is 22.7 Å². The largest absolute Gasteiger partial charge is 0.494 e. The zero-order valence-corrected chi connectivity index (χ0v) is 21.8. The Morgan fingerprint density at radius 2 is 1.94 bits per heavy atom. The summed E-state index contributed by atoms with van der Waals surface area (Å²) in [6.07, 6.45) is 3.44. The number of amides is 1. The summed E-state index contributed by atoms with van der Waals surface area (Å²) in [5.41, 5.74) is 0.961. The van der Waals surface area contributed by atoms with Crippen LogP contribution in [0.25, 0.3) is 10.2 Å². The monoisotopic (exact) mass is 535 g/mol. The van der Waals surface area contributed by atoms with Gasteiger partial charge in [0.25, 0.3) is 5.91 Å². The highest BCUT2D eigenvalue weighted by Crippen LogP contribution is 2.39. The summed E-state index contributed by atoms with van der Waals surface area (Å²) in [4.78, 5) is 20.1. The van der Waals surface area contributed by atoms with Crippen molar-refractivity contribution in [3.8, 4) is 5.75 Å². The van der Waals surface area contributed by atoms with Gasteiger partial charge in [0.15, 0.2) is 5.13 Å². The maximum absolute atomic E-state index is 13.7. The topological polar surface area (TPSA) is 89.0 Å². The molecule has 0 spiro atoms. The lowest BCUT2D eigenvalue weighted by molar-refractivity contribution is 0.0917. The minimum Gasteiger partial charge on any atom is -0.494 e. The minimum absolute atomic E-state index is 0.0612. The number of hydrogen-bond donors (Lipinski definition) is 0. The van der Waals surface area contributed by atoms with Crippen LogP contribution in [-0.4, -0.2) is 63.1 Å². The van der Waals surface area contributed by atoms with Gasteiger partial charge in [-0.1, -0.05) is 22.9 Å².